The Kier molecular flexibility index (Phi) is 7.70. The van der Waals surface area contributed by atoms with Gasteiger partial charge in [0.15, 0.2) is 6.61 Å². The van der Waals surface area contributed by atoms with Crippen LogP contribution in [0.5, 0.6) is 5.75 Å². The van der Waals surface area contributed by atoms with E-state index in [0.717, 1.165) is 52.6 Å². The normalized spacial score (nSPS) is 19.0. The third-order valence-corrected chi connectivity index (χ3v) is 8.34. The Bertz CT molecular complexity index is 1640. The summed E-state index contributed by atoms with van der Waals surface area (Å²) in [5, 5.41) is 8.97. The van der Waals surface area contributed by atoms with Gasteiger partial charge in [-0.25, -0.2) is 5.01 Å². The van der Waals surface area contributed by atoms with Crippen LogP contribution < -0.4 is 14.5 Å². The molecule has 2 atom stereocenters. The van der Waals surface area contributed by atoms with E-state index in [4.69, 9.17) is 9.84 Å². The third-order valence-electron chi connectivity index (χ3n) is 8.34. The van der Waals surface area contributed by atoms with E-state index < -0.39 is 0 Å². The van der Waals surface area contributed by atoms with Gasteiger partial charge in [0.05, 0.1) is 11.8 Å². The molecule has 6 rings (SSSR count). The number of hydrogen-bond donors (Lipinski definition) is 0. The quantitative estimate of drug-likeness (QED) is 0.241. The lowest BCUT2D eigenvalue weighted by Crippen LogP contribution is -2.34. The highest BCUT2D eigenvalue weighted by molar-refractivity contribution is 6.08. The largest absolute Gasteiger partial charge is 0.484 e. The van der Waals surface area contributed by atoms with E-state index in [1.54, 1.807) is 5.01 Å². The number of nitrogens with zero attached hydrogens (tertiary/aromatic N) is 4. The fraction of sp³-hybridized carbons (Fsp3) is 0.278. The van der Waals surface area contributed by atoms with Gasteiger partial charge in [-0.05, 0) is 89.2 Å². The summed E-state index contributed by atoms with van der Waals surface area (Å²) < 4.78 is 6.04. The van der Waals surface area contributed by atoms with Crippen molar-refractivity contribution < 1.29 is 9.53 Å². The standard InChI is InChI=1S/C36H38N4O2/c1-38(2)30-17-12-25(13-18-30)22-29-10-7-11-33-35(29)37-40(36(33)27-14-19-31(20-15-27)39(3)4)34(41)24-42-32-21-16-26-8-5-6-9-28(26)23-32/h5-6,8-9,12-23,33,36H,7,10-11,24H2,1-4H3/b29-22+. The van der Waals surface area contributed by atoms with Crippen LogP contribution in [0.3, 0.4) is 0 Å². The smallest absolute Gasteiger partial charge is 0.281 e. The lowest BCUT2D eigenvalue weighted by atomic mass is 9.77. The number of carbonyl (C=O) groups is 1. The van der Waals surface area contributed by atoms with Gasteiger partial charge >= 0.3 is 0 Å². The molecule has 1 aliphatic heterocycles. The van der Waals surface area contributed by atoms with E-state index in [-0.39, 0.29) is 24.5 Å². The molecular formula is C36H38N4O2. The zero-order chi connectivity index (χ0) is 29.2. The number of hydrogen-bond acceptors (Lipinski definition) is 5. The van der Waals surface area contributed by atoms with Crippen molar-refractivity contribution in [1.29, 1.82) is 0 Å². The maximum Gasteiger partial charge on any atom is 0.281 e. The molecule has 0 N–H and O–H groups in total. The van der Waals surface area contributed by atoms with Gasteiger partial charge in [-0.3, -0.25) is 4.79 Å². The number of anilines is 2. The maximum absolute atomic E-state index is 13.8. The van der Waals surface area contributed by atoms with Gasteiger partial charge in [-0.15, -0.1) is 0 Å². The zero-order valence-corrected chi connectivity index (χ0v) is 24.8. The fourth-order valence-corrected chi connectivity index (χ4v) is 6.05. The van der Waals surface area contributed by atoms with Gasteiger partial charge in [0, 0.05) is 45.5 Å². The van der Waals surface area contributed by atoms with Crippen molar-refractivity contribution in [3.63, 3.8) is 0 Å². The first-order valence-electron chi connectivity index (χ1n) is 14.6. The Labute approximate surface area is 248 Å². The summed E-state index contributed by atoms with van der Waals surface area (Å²) >= 11 is 0. The van der Waals surface area contributed by atoms with Crippen LogP contribution in [0.2, 0.25) is 0 Å². The summed E-state index contributed by atoms with van der Waals surface area (Å²) in [7, 11) is 8.17. The molecule has 1 amide bonds. The highest BCUT2D eigenvalue weighted by Crippen LogP contribution is 2.44. The van der Waals surface area contributed by atoms with Crippen LogP contribution in [0.25, 0.3) is 16.8 Å². The first kappa shape index (κ1) is 27.6. The monoisotopic (exact) mass is 558 g/mol. The van der Waals surface area contributed by atoms with Crippen LogP contribution in [0.15, 0.2) is 102 Å². The molecule has 6 nitrogen and oxygen atoms in total. The second kappa shape index (κ2) is 11.7. The average molecular weight is 559 g/mol. The summed E-state index contributed by atoms with van der Waals surface area (Å²) in [4.78, 5) is 18.0. The van der Waals surface area contributed by atoms with Crippen molar-refractivity contribution in [2.24, 2.45) is 11.0 Å². The molecule has 0 radical (unpaired) electrons. The minimum absolute atomic E-state index is 0.0703. The highest BCUT2D eigenvalue weighted by Gasteiger charge is 2.43. The zero-order valence-electron chi connectivity index (χ0n) is 24.8. The summed E-state index contributed by atoms with van der Waals surface area (Å²) in [6, 6.07) is 31.0. The van der Waals surface area contributed by atoms with Crippen molar-refractivity contribution in [3.8, 4) is 5.75 Å². The molecule has 6 heteroatoms. The molecule has 214 valence electrons. The van der Waals surface area contributed by atoms with Crippen molar-refractivity contribution in [2.45, 2.75) is 25.3 Å². The van der Waals surface area contributed by atoms with Crippen LogP contribution in [0.4, 0.5) is 11.4 Å². The number of ether oxygens (including phenoxy) is 1. The number of hydrazone groups is 1. The van der Waals surface area contributed by atoms with E-state index in [0.29, 0.717) is 5.75 Å². The lowest BCUT2D eigenvalue weighted by molar-refractivity contribution is -0.135. The molecule has 0 aromatic heterocycles. The van der Waals surface area contributed by atoms with Gasteiger partial charge in [-0.1, -0.05) is 54.6 Å². The molecule has 0 spiro atoms. The lowest BCUT2D eigenvalue weighted by Gasteiger charge is -2.30. The molecule has 1 saturated carbocycles. The Balaban J connectivity index is 1.30. The van der Waals surface area contributed by atoms with Crippen LogP contribution in [-0.2, 0) is 4.79 Å². The minimum atomic E-state index is -0.163. The van der Waals surface area contributed by atoms with Crippen molar-refractivity contribution in [3.05, 3.63) is 108 Å². The van der Waals surface area contributed by atoms with Crippen LogP contribution in [0, 0.1) is 5.92 Å². The molecule has 2 aliphatic rings. The Morgan fingerprint density at radius 1 is 0.881 bits per heavy atom. The van der Waals surface area contributed by atoms with Crippen LogP contribution in [0.1, 0.15) is 36.4 Å². The summed E-state index contributed by atoms with van der Waals surface area (Å²) in [5.74, 6) is 0.683. The fourth-order valence-electron chi connectivity index (χ4n) is 6.05. The summed E-state index contributed by atoms with van der Waals surface area (Å²) in [5.41, 5.74) is 6.78. The van der Waals surface area contributed by atoms with E-state index in [1.807, 2.05) is 58.5 Å². The van der Waals surface area contributed by atoms with E-state index in [1.165, 1.54) is 11.3 Å². The number of carbonyl (C=O) groups excluding carboxylic acids is 1. The minimum Gasteiger partial charge on any atom is -0.484 e. The predicted octanol–water partition coefficient (Wildman–Crippen LogP) is 7.17. The average Bonchev–Trinajstić information content (AvgIpc) is 3.41. The van der Waals surface area contributed by atoms with E-state index in [2.05, 4.69) is 76.5 Å². The van der Waals surface area contributed by atoms with E-state index >= 15 is 0 Å². The molecule has 42 heavy (non-hydrogen) atoms. The number of amides is 1. The number of fused-ring (bicyclic) bond motifs is 2. The topological polar surface area (TPSA) is 48.4 Å². The summed E-state index contributed by atoms with van der Waals surface area (Å²) in [6.45, 7) is -0.0703. The van der Waals surface area contributed by atoms with Crippen molar-refractivity contribution >= 4 is 39.8 Å². The van der Waals surface area contributed by atoms with Gasteiger partial charge in [0.2, 0.25) is 0 Å². The maximum atomic E-state index is 13.8. The molecule has 1 heterocycles. The van der Waals surface area contributed by atoms with Crippen molar-refractivity contribution in [2.75, 3.05) is 44.6 Å². The Morgan fingerprint density at radius 2 is 1.55 bits per heavy atom. The predicted molar refractivity (Wildman–Crippen MR) is 173 cm³/mol. The molecule has 4 aromatic rings. The molecule has 4 aromatic carbocycles. The third kappa shape index (κ3) is 5.62. The molecular weight excluding hydrogens is 520 g/mol. The van der Waals surface area contributed by atoms with Crippen molar-refractivity contribution in [1.82, 2.24) is 5.01 Å². The Hall–Kier alpha value is -4.58. The molecule has 2 unspecified atom stereocenters. The van der Waals surface area contributed by atoms with E-state index in [9.17, 15) is 4.79 Å². The molecule has 0 bridgehead atoms. The number of allylic oxidation sites excluding steroid dienone is 1. The molecule has 1 fully saturated rings. The van der Waals surface area contributed by atoms with Gasteiger partial charge in [0.1, 0.15) is 5.75 Å². The first-order valence-corrected chi connectivity index (χ1v) is 14.6. The van der Waals surface area contributed by atoms with Crippen LogP contribution in [-0.4, -0.2) is 51.4 Å². The Morgan fingerprint density at radius 3 is 2.24 bits per heavy atom. The van der Waals surface area contributed by atoms with Gasteiger partial charge in [-0.2, -0.15) is 5.10 Å². The second-order valence-corrected chi connectivity index (χ2v) is 11.6. The summed E-state index contributed by atoms with van der Waals surface area (Å²) in [6.07, 6.45) is 5.25. The number of benzene rings is 4. The first-order chi connectivity index (χ1) is 20.4. The molecule has 1 aliphatic carbocycles. The molecule has 0 saturated heterocycles. The second-order valence-electron chi connectivity index (χ2n) is 11.6. The van der Waals surface area contributed by atoms with Crippen LogP contribution >= 0.6 is 0 Å². The SMILES string of the molecule is CN(C)c1ccc(/C=C2\CCCC3C2=NN(C(=O)COc2ccc4ccccc4c2)C3c2ccc(N(C)C)cc2)cc1. The number of rotatable bonds is 7. The van der Waals surface area contributed by atoms with Gasteiger partial charge in [0.25, 0.3) is 5.91 Å². The highest BCUT2D eigenvalue weighted by atomic mass is 16.5. The van der Waals surface area contributed by atoms with Gasteiger partial charge < -0.3 is 14.5 Å².